The molecule has 0 aliphatic heterocycles. The van der Waals surface area contributed by atoms with Crippen LogP contribution in [-0.4, -0.2) is 15.8 Å². The lowest BCUT2D eigenvalue weighted by atomic mass is 10.0. The first-order chi connectivity index (χ1) is 12.1. The summed E-state index contributed by atoms with van der Waals surface area (Å²) in [6.45, 7) is 2.17. The Labute approximate surface area is 143 Å². The summed E-state index contributed by atoms with van der Waals surface area (Å²) in [5.74, 6) is -0.363. The molecule has 5 nitrogen and oxygen atoms in total. The Morgan fingerprint density at radius 2 is 2.00 bits per heavy atom. The Balaban J connectivity index is 2.16. The number of aryl methyl sites for hydroxylation is 2. The molecule has 0 radical (unpaired) electrons. The molecule has 1 aromatic heterocycles. The molecular weight excluding hydrogens is 304 g/mol. The van der Waals surface area contributed by atoms with E-state index in [0.717, 1.165) is 23.1 Å². The first-order valence-electron chi connectivity index (χ1n) is 9.14. The quantitative estimate of drug-likeness (QED) is 0.546. The van der Waals surface area contributed by atoms with E-state index in [1.54, 1.807) is 18.2 Å². The van der Waals surface area contributed by atoms with Crippen molar-refractivity contribution in [1.82, 2.24) is 4.73 Å². The highest BCUT2D eigenvalue weighted by molar-refractivity contribution is 5.80. The summed E-state index contributed by atoms with van der Waals surface area (Å²) < 4.78 is 7.91. The molecule has 0 aliphatic carbocycles. The second-order valence-corrected chi connectivity index (χ2v) is 6.25. The number of pyridine rings is 1. The zero-order valence-electron chi connectivity index (χ0n) is 15.2. The minimum absolute atomic E-state index is 0.115. The maximum absolute atomic E-state index is 12.4. The number of fused-ring (bicyclic) bond motifs is 1. The SMILES string of the molecule is [2H]NC(=O)CCc1ccc2c(c1)c(=O)cc(CCCCCCC)n2O. The fourth-order valence-corrected chi connectivity index (χ4v) is 2.91. The van der Waals surface area contributed by atoms with Crippen molar-refractivity contribution in [1.29, 1.82) is 0 Å². The second kappa shape index (κ2) is 8.52. The fourth-order valence-electron chi connectivity index (χ4n) is 2.91. The van der Waals surface area contributed by atoms with Crippen molar-refractivity contribution in [2.45, 2.75) is 58.3 Å². The number of hydrogen-bond donors (Lipinski definition) is 2. The van der Waals surface area contributed by atoms with Gasteiger partial charge in [0.2, 0.25) is 5.91 Å². The molecule has 1 heterocycles. The number of amides is 1. The zero-order valence-corrected chi connectivity index (χ0v) is 14.2. The molecule has 1 aromatic carbocycles. The number of primary amides is 1. The van der Waals surface area contributed by atoms with Gasteiger partial charge in [-0.15, -0.1) is 0 Å². The molecule has 0 fully saturated rings. The van der Waals surface area contributed by atoms with Crippen LogP contribution in [0.4, 0.5) is 0 Å². The Morgan fingerprint density at radius 1 is 1.21 bits per heavy atom. The van der Waals surface area contributed by atoms with Gasteiger partial charge < -0.3 is 10.9 Å². The number of unbranched alkanes of at least 4 members (excludes halogenated alkanes) is 4. The smallest absolute Gasteiger partial charge is 0.217 e. The lowest BCUT2D eigenvalue weighted by molar-refractivity contribution is -0.117. The number of nitrogens with two attached hydrogens (primary N) is 1. The van der Waals surface area contributed by atoms with Gasteiger partial charge in [0.1, 0.15) is 0 Å². The molecular formula is C19H26N2O3. The van der Waals surface area contributed by atoms with E-state index in [1.807, 2.05) is 5.73 Å². The summed E-state index contributed by atoms with van der Waals surface area (Å²) in [7, 11) is 0. The maximum Gasteiger partial charge on any atom is 0.217 e. The van der Waals surface area contributed by atoms with Gasteiger partial charge in [-0.05, 0) is 37.0 Å². The fraction of sp³-hybridized carbons (Fsp3) is 0.474. The van der Waals surface area contributed by atoms with Crippen LogP contribution in [0.1, 0.15) is 56.7 Å². The van der Waals surface area contributed by atoms with E-state index in [0.29, 0.717) is 29.4 Å². The predicted molar refractivity (Wildman–Crippen MR) is 95.4 cm³/mol. The molecule has 0 aliphatic rings. The van der Waals surface area contributed by atoms with Crippen LogP contribution in [0.5, 0.6) is 0 Å². The molecule has 0 bridgehead atoms. The van der Waals surface area contributed by atoms with Crippen molar-refractivity contribution < 1.29 is 11.4 Å². The molecule has 0 unspecified atom stereocenters. The maximum atomic E-state index is 12.4. The standard InChI is InChI=1S/C19H26N2O3/c1-2-3-4-5-6-7-15-13-18(22)16-12-14(9-11-19(20)23)8-10-17(16)21(15)24/h8,10,12-13,24H,2-7,9,11H2,1H3,(H2,20,23)/i/hD. The highest BCUT2D eigenvalue weighted by Gasteiger charge is 2.09. The highest BCUT2D eigenvalue weighted by atomic mass is 16.5. The van der Waals surface area contributed by atoms with Gasteiger partial charge in [-0.25, -0.2) is 0 Å². The van der Waals surface area contributed by atoms with Gasteiger partial charge in [0.25, 0.3) is 0 Å². The van der Waals surface area contributed by atoms with Gasteiger partial charge in [-0.2, -0.15) is 4.73 Å². The molecule has 24 heavy (non-hydrogen) atoms. The van der Waals surface area contributed by atoms with Crippen molar-refractivity contribution in [3.05, 3.63) is 45.7 Å². The zero-order chi connectivity index (χ0) is 18.2. The van der Waals surface area contributed by atoms with E-state index in [1.165, 1.54) is 25.3 Å². The summed E-state index contributed by atoms with van der Waals surface area (Å²) in [5.41, 5.74) is 3.68. The van der Waals surface area contributed by atoms with E-state index >= 15 is 0 Å². The van der Waals surface area contributed by atoms with Crippen LogP contribution in [0.2, 0.25) is 1.41 Å². The minimum Gasteiger partial charge on any atom is -0.428 e. The van der Waals surface area contributed by atoms with E-state index < -0.39 is 0 Å². The monoisotopic (exact) mass is 331 g/mol. The van der Waals surface area contributed by atoms with Crippen molar-refractivity contribution >= 4 is 16.8 Å². The third-order valence-corrected chi connectivity index (χ3v) is 4.30. The van der Waals surface area contributed by atoms with Gasteiger partial charge in [0, 0.05) is 17.9 Å². The van der Waals surface area contributed by atoms with E-state index in [9.17, 15) is 14.8 Å². The summed E-state index contributed by atoms with van der Waals surface area (Å²) >= 11 is 0. The summed E-state index contributed by atoms with van der Waals surface area (Å²) in [6, 6.07) is 6.73. The Kier molecular flexibility index (Phi) is 5.88. The molecule has 0 atom stereocenters. The number of nitrogens with zero attached hydrogens (tertiary/aromatic N) is 1. The molecule has 3 N–H and O–H groups in total. The largest absolute Gasteiger partial charge is 0.428 e. The molecule has 2 aromatic rings. The van der Waals surface area contributed by atoms with Gasteiger partial charge in [-0.3, -0.25) is 9.59 Å². The third kappa shape index (κ3) is 4.60. The van der Waals surface area contributed by atoms with Crippen LogP contribution in [0.25, 0.3) is 10.9 Å². The van der Waals surface area contributed by atoms with Crippen molar-refractivity contribution in [3.8, 4) is 0 Å². The number of benzene rings is 1. The Hall–Kier alpha value is -2.30. The van der Waals surface area contributed by atoms with Crippen LogP contribution in [0.15, 0.2) is 29.1 Å². The van der Waals surface area contributed by atoms with Crippen molar-refractivity contribution in [2.75, 3.05) is 0 Å². The highest BCUT2D eigenvalue weighted by Crippen LogP contribution is 2.17. The van der Waals surface area contributed by atoms with Gasteiger partial charge in [0.15, 0.2) is 6.84 Å². The first kappa shape index (κ1) is 16.6. The molecule has 0 saturated heterocycles. The van der Waals surface area contributed by atoms with Crippen LogP contribution >= 0.6 is 0 Å². The first-order valence-corrected chi connectivity index (χ1v) is 8.64. The number of aromatic nitrogens is 1. The van der Waals surface area contributed by atoms with Gasteiger partial charge in [-0.1, -0.05) is 38.7 Å². The van der Waals surface area contributed by atoms with E-state index in [-0.39, 0.29) is 17.8 Å². The van der Waals surface area contributed by atoms with E-state index in [4.69, 9.17) is 1.41 Å². The topological polar surface area (TPSA) is 85.3 Å². The molecule has 2 rings (SSSR count). The van der Waals surface area contributed by atoms with Crippen LogP contribution < -0.4 is 11.2 Å². The average Bonchev–Trinajstić information content (AvgIpc) is 2.63. The number of carbonyl (C=O) groups excluding carboxylic acids is 1. The van der Waals surface area contributed by atoms with Gasteiger partial charge >= 0.3 is 0 Å². The third-order valence-electron chi connectivity index (χ3n) is 4.30. The summed E-state index contributed by atoms with van der Waals surface area (Å²) in [5, 5.41) is 10.9. The predicted octanol–water partition coefficient (Wildman–Crippen LogP) is 3.17. The lowest BCUT2D eigenvalue weighted by Gasteiger charge is -2.11. The van der Waals surface area contributed by atoms with Crippen LogP contribution in [-0.2, 0) is 17.6 Å². The number of rotatable bonds is 9. The van der Waals surface area contributed by atoms with Crippen molar-refractivity contribution in [3.63, 3.8) is 0 Å². The van der Waals surface area contributed by atoms with Crippen LogP contribution in [0.3, 0.4) is 0 Å². The second-order valence-electron chi connectivity index (χ2n) is 6.25. The molecule has 1 amide bonds. The summed E-state index contributed by atoms with van der Waals surface area (Å²) in [6.07, 6.45) is 6.94. The average molecular weight is 331 g/mol. The number of carbonyl (C=O) groups is 1. The molecule has 0 saturated carbocycles. The Bertz CT molecular complexity index is 786. The molecule has 0 spiro atoms. The van der Waals surface area contributed by atoms with E-state index in [2.05, 4.69) is 6.92 Å². The number of hydrogen-bond acceptors (Lipinski definition) is 3. The summed E-state index contributed by atoms with van der Waals surface area (Å²) in [4.78, 5) is 23.6. The normalized spacial score (nSPS) is 11.5. The van der Waals surface area contributed by atoms with Gasteiger partial charge in [0.05, 0.1) is 11.2 Å². The molecule has 5 heteroatoms. The van der Waals surface area contributed by atoms with Crippen LogP contribution in [0, 0.1) is 0 Å². The Morgan fingerprint density at radius 3 is 2.75 bits per heavy atom. The van der Waals surface area contributed by atoms with Crippen molar-refractivity contribution in [2.24, 2.45) is 5.73 Å². The molecule has 130 valence electrons. The minimum atomic E-state index is -0.363. The lowest BCUT2D eigenvalue weighted by Crippen LogP contribution is -2.14.